The minimum Gasteiger partial charge on any atom is -0.259 e. The van der Waals surface area contributed by atoms with Gasteiger partial charge in [0, 0.05) is 11.9 Å². The Kier molecular flexibility index (Phi) is 3.11. The van der Waals surface area contributed by atoms with Gasteiger partial charge in [0.1, 0.15) is 12.4 Å². The summed E-state index contributed by atoms with van der Waals surface area (Å²) in [5.74, 6) is 0.693. The molecule has 0 N–H and O–H groups in total. The second kappa shape index (κ2) is 5.48. The molecule has 0 radical (unpaired) electrons. The fourth-order valence-electron chi connectivity index (χ4n) is 3.17. The van der Waals surface area contributed by atoms with Crippen molar-refractivity contribution in [2.45, 2.75) is 19.9 Å². The number of para-hydroxylation sites is 1. The summed E-state index contributed by atoms with van der Waals surface area (Å²) in [4.78, 5) is 9.28. The molecule has 4 heterocycles. The van der Waals surface area contributed by atoms with Crippen molar-refractivity contribution in [3.05, 3.63) is 66.6 Å². The van der Waals surface area contributed by atoms with Crippen LogP contribution in [0, 0.1) is 6.92 Å². The normalized spacial score (nSPS) is 12.8. The second-order valence-corrected chi connectivity index (χ2v) is 6.21. The van der Waals surface area contributed by atoms with Gasteiger partial charge in [0.25, 0.3) is 0 Å². The molecule has 0 aliphatic carbocycles. The average molecular weight is 344 g/mol. The Bertz CT molecular complexity index is 1210. The lowest BCUT2D eigenvalue weighted by Gasteiger charge is -2.09. The van der Waals surface area contributed by atoms with Gasteiger partial charge >= 0.3 is 0 Å². The fourth-order valence-corrected chi connectivity index (χ4v) is 3.17. The van der Waals surface area contributed by atoms with Crippen molar-refractivity contribution in [1.29, 1.82) is 0 Å². The predicted molar refractivity (Wildman–Crippen MR) is 96.2 cm³/mol. The van der Waals surface area contributed by atoms with E-state index < -0.39 is 0 Å². The maximum absolute atomic E-state index is 4.74. The molecule has 5 rings (SSSR count). The molecule has 1 atom stereocenters. The van der Waals surface area contributed by atoms with Gasteiger partial charge in [0.2, 0.25) is 0 Å². The Balaban J connectivity index is 1.66. The number of rotatable bonds is 3. The van der Waals surface area contributed by atoms with Crippen molar-refractivity contribution in [3.63, 3.8) is 0 Å². The molecule has 0 aliphatic rings. The van der Waals surface area contributed by atoms with Gasteiger partial charge in [-0.3, -0.25) is 4.68 Å². The van der Waals surface area contributed by atoms with E-state index in [1.54, 1.807) is 23.2 Å². The highest BCUT2D eigenvalue weighted by atomic mass is 15.4. The summed E-state index contributed by atoms with van der Waals surface area (Å²) < 4.78 is 5.42. The van der Waals surface area contributed by atoms with Gasteiger partial charge < -0.3 is 0 Å². The number of benzene rings is 1. The van der Waals surface area contributed by atoms with E-state index in [1.165, 1.54) is 0 Å². The topological polar surface area (TPSA) is 78.7 Å². The molecular weight excluding hydrogens is 328 g/mol. The van der Waals surface area contributed by atoms with E-state index in [0.717, 1.165) is 28.1 Å². The molecular formula is C18H16N8. The van der Waals surface area contributed by atoms with Gasteiger partial charge in [-0.15, -0.1) is 5.10 Å². The maximum Gasteiger partial charge on any atom is 0.176 e. The summed E-state index contributed by atoms with van der Waals surface area (Å²) in [6.45, 7) is 4.05. The van der Waals surface area contributed by atoms with Crippen LogP contribution in [0.25, 0.3) is 22.4 Å². The molecule has 0 fully saturated rings. The molecule has 1 unspecified atom stereocenters. The minimum atomic E-state index is -0.0656. The average Bonchev–Trinajstić information content (AvgIpc) is 3.38. The van der Waals surface area contributed by atoms with Gasteiger partial charge in [0.15, 0.2) is 17.1 Å². The third-order valence-corrected chi connectivity index (χ3v) is 4.53. The summed E-state index contributed by atoms with van der Waals surface area (Å²) in [6.07, 6.45) is 5.25. The highest BCUT2D eigenvalue weighted by Crippen LogP contribution is 2.22. The first-order chi connectivity index (χ1) is 12.7. The van der Waals surface area contributed by atoms with Gasteiger partial charge in [-0.25, -0.2) is 19.2 Å². The lowest BCUT2D eigenvalue weighted by Crippen LogP contribution is -2.11. The molecule has 0 bridgehead atoms. The SMILES string of the molecule is Cc1ccnn1C(C)c1nc2c3cnn(-c4ccccc4)c3ncn2n1. The van der Waals surface area contributed by atoms with Crippen LogP contribution in [0.15, 0.2) is 55.1 Å². The Labute approximate surface area is 148 Å². The van der Waals surface area contributed by atoms with E-state index in [0.29, 0.717) is 5.82 Å². The fraction of sp³-hybridized carbons (Fsp3) is 0.167. The maximum atomic E-state index is 4.74. The lowest BCUT2D eigenvalue weighted by atomic mass is 10.3. The third-order valence-electron chi connectivity index (χ3n) is 4.53. The van der Waals surface area contributed by atoms with Gasteiger partial charge in [0.05, 0.1) is 17.3 Å². The van der Waals surface area contributed by atoms with Crippen molar-refractivity contribution < 1.29 is 0 Å². The Hall–Kier alpha value is -3.55. The molecule has 1 aromatic carbocycles. The van der Waals surface area contributed by atoms with Crippen LogP contribution in [0.2, 0.25) is 0 Å². The van der Waals surface area contributed by atoms with Crippen LogP contribution in [-0.2, 0) is 0 Å². The highest BCUT2D eigenvalue weighted by Gasteiger charge is 2.18. The molecule has 0 aliphatic heterocycles. The first-order valence-corrected chi connectivity index (χ1v) is 8.37. The van der Waals surface area contributed by atoms with Crippen LogP contribution in [0.3, 0.4) is 0 Å². The van der Waals surface area contributed by atoms with Crippen molar-refractivity contribution in [3.8, 4) is 5.69 Å². The highest BCUT2D eigenvalue weighted by molar-refractivity contribution is 5.89. The monoisotopic (exact) mass is 344 g/mol. The van der Waals surface area contributed by atoms with E-state index in [9.17, 15) is 0 Å². The molecule has 0 amide bonds. The molecule has 26 heavy (non-hydrogen) atoms. The lowest BCUT2D eigenvalue weighted by molar-refractivity contribution is 0.523. The summed E-state index contributed by atoms with van der Waals surface area (Å²) in [6, 6.07) is 11.8. The molecule has 4 aromatic heterocycles. The van der Waals surface area contributed by atoms with E-state index >= 15 is 0 Å². The largest absolute Gasteiger partial charge is 0.259 e. The number of hydrogen-bond donors (Lipinski definition) is 0. The van der Waals surface area contributed by atoms with Crippen molar-refractivity contribution in [2.24, 2.45) is 0 Å². The van der Waals surface area contributed by atoms with Crippen LogP contribution in [0.4, 0.5) is 0 Å². The first-order valence-electron chi connectivity index (χ1n) is 8.37. The molecule has 8 nitrogen and oxygen atoms in total. The number of fused-ring (bicyclic) bond motifs is 3. The molecule has 0 spiro atoms. The summed E-state index contributed by atoms with van der Waals surface area (Å²) in [5.41, 5.74) is 3.52. The molecule has 0 saturated heterocycles. The van der Waals surface area contributed by atoms with Gasteiger partial charge in [-0.1, -0.05) is 18.2 Å². The first kappa shape index (κ1) is 14.8. The summed E-state index contributed by atoms with van der Waals surface area (Å²) >= 11 is 0. The Morgan fingerprint density at radius 3 is 2.62 bits per heavy atom. The van der Waals surface area contributed by atoms with Crippen LogP contribution in [-0.4, -0.2) is 39.1 Å². The number of aromatic nitrogens is 8. The number of nitrogens with zero attached hydrogens (tertiary/aromatic N) is 8. The number of aryl methyl sites for hydroxylation is 1. The van der Waals surface area contributed by atoms with Crippen LogP contribution < -0.4 is 0 Å². The molecule has 0 saturated carbocycles. The van der Waals surface area contributed by atoms with E-state index in [4.69, 9.17) is 4.98 Å². The van der Waals surface area contributed by atoms with E-state index in [1.807, 2.05) is 59.6 Å². The standard InChI is InChI=1S/C18H16N8/c1-12-8-9-20-25(12)13(2)16-22-18-15-10-21-26(14-6-4-3-5-7-14)17(15)19-11-24(18)23-16/h3-11,13H,1-2H3. The second-order valence-electron chi connectivity index (χ2n) is 6.21. The predicted octanol–water partition coefficient (Wildman–Crippen LogP) is 2.58. The van der Waals surface area contributed by atoms with E-state index in [2.05, 4.69) is 20.3 Å². The van der Waals surface area contributed by atoms with Crippen LogP contribution in [0.5, 0.6) is 0 Å². The zero-order valence-corrected chi connectivity index (χ0v) is 14.4. The van der Waals surface area contributed by atoms with Gasteiger partial charge in [-0.2, -0.15) is 10.2 Å². The Morgan fingerprint density at radius 2 is 1.85 bits per heavy atom. The van der Waals surface area contributed by atoms with Gasteiger partial charge in [-0.05, 0) is 32.0 Å². The zero-order valence-electron chi connectivity index (χ0n) is 14.4. The minimum absolute atomic E-state index is 0.0656. The molecule has 128 valence electrons. The summed E-state index contributed by atoms with van der Waals surface area (Å²) in [7, 11) is 0. The summed E-state index contributed by atoms with van der Waals surface area (Å²) in [5, 5.41) is 14.3. The van der Waals surface area contributed by atoms with Crippen molar-refractivity contribution in [1.82, 2.24) is 39.1 Å². The third kappa shape index (κ3) is 2.12. The van der Waals surface area contributed by atoms with Crippen molar-refractivity contribution >= 4 is 16.7 Å². The van der Waals surface area contributed by atoms with Crippen LogP contribution in [0.1, 0.15) is 24.5 Å². The zero-order chi connectivity index (χ0) is 17.7. The molecule has 8 heteroatoms. The van der Waals surface area contributed by atoms with Crippen LogP contribution >= 0.6 is 0 Å². The Morgan fingerprint density at radius 1 is 1.00 bits per heavy atom. The van der Waals surface area contributed by atoms with E-state index in [-0.39, 0.29) is 6.04 Å². The number of hydrogen-bond acceptors (Lipinski definition) is 5. The van der Waals surface area contributed by atoms with Crippen molar-refractivity contribution in [2.75, 3.05) is 0 Å². The quantitative estimate of drug-likeness (QED) is 0.503. The molecule has 5 aromatic rings. The smallest absolute Gasteiger partial charge is 0.176 e.